The Morgan fingerprint density at radius 2 is 0.970 bits per heavy atom. The van der Waals surface area contributed by atoms with Crippen LogP contribution in [-0.2, 0) is 20.2 Å². The first-order chi connectivity index (χ1) is 13.7. The summed E-state index contributed by atoms with van der Waals surface area (Å²) in [5.74, 6) is -17.0. The molecule has 172 valence electrons. The average molecular weight is 572 g/mol. The largest absolute Gasteiger partial charge is 1.00 e. The van der Waals surface area contributed by atoms with Gasteiger partial charge in [0.2, 0.25) is 0 Å². The molecule has 18 heteroatoms. The second-order valence-electron chi connectivity index (χ2n) is 6.54. The molecule has 0 radical (unpaired) electrons. The van der Waals surface area contributed by atoms with Crippen molar-refractivity contribution in [3.8, 4) is 0 Å². The van der Waals surface area contributed by atoms with E-state index in [1.165, 1.54) is 0 Å². The van der Waals surface area contributed by atoms with E-state index in [9.17, 15) is 52.3 Å². The molecule has 0 unspecified atom stereocenters. The Hall–Kier alpha value is 0.540. The molecule has 2 aromatic heterocycles. The summed E-state index contributed by atoms with van der Waals surface area (Å²) >= 11 is -0.392. The Kier molecular flexibility index (Phi) is 9.04. The van der Waals surface area contributed by atoms with E-state index < -0.39 is 78.4 Å². The van der Waals surface area contributed by atoms with E-state index >= 15 is 0 Å². The van der Waals surface area contributed by atoms with Gasteiger partial charge in [0, 0.05) is 9.75 Å². The third kappa shape index (κ3) is 4.92. The maximum Gasteiger partial charge on any atom is 1.00 e. The van der Waals surface area contributed by atoms with Crippen LogP contribution in [0.3, 0.4) is 0 Å². The van der Waals surface area contributed by atoms with Crippen molar-refractivity contribution in [3.63, 3.8) is 0 Å². The van der Waals surface area contributed by atoms with Gasteiger partial charge in [-0.2, -0.15) is 26.3 Å². The zero-order valence-corrected chi connectivity index (χ0v) is 24.3. The first-order valence-electron chi connectivity index (χ1n) is 7.76. The van der Waals surface area contributed by atoms with E-state index in [2.05, 4.69) is 0 Å². The number of hydrogen-bond donors (Lipinski definition) is 0. The van der Waals surface area contributed by atoms with E-state index in [4.69, 9.17) is 0 Å². The van der Waals surface area contributed by atoms with E-state index in [0.717, 1.165) is 13.8 Å². The summed E-state index contributed by atoms with van der Waals surface area (Å²) < 4.78 is 152. The topological polar surface area (TPSA) is 114 Å². The summed E-state index contributed by atoms with van der Waals surface area (Å²) in [6, 6.07) is 1.15. The molecule has 0 aromatic carbocycles. The molecule has 0 bridgehead atoms. The second-order valence-corrected chi connectivity index (χ2v) is 11.9. The smallest absolute Gasteiger partial charge is 0.743 e. The van der Waals surface area contributed by atoms with Crippen molar-refractivity contribution in [1.29, 1.82) is 0 Å². The minimum atomic E-state index is -5.98. The van der Waals surface area contributed by atoms with Crippen LogP contribution >= 0.6 is 22.7 Å². The molecule has 3 rings (SSSR count). The Labute approximate surface area is 236 Å². The van der Waals surface area contributed by atoms with E-state index in [1.807, 2.05) is 0 Å². The van der Waals surface area contributed by atoms with Gasteiger partial charge in [-0.25, -0.2) is 16.8 Å². The Morgan fingerprint density at radius 1 is 0.697 bits per heavy atom. The van der Waals surface area contributed by atoms with Gasteiger partial charge in [-0.15, -0.1) is 22.7 Å². The van der Waals surface area contributed by atoms with E-state index in [0.29, 0.717) is 12.1 Å². The third-order valence-electron chi connectivity index (χ3n) is 4.40. The van der Waals surface area contributed by atoms with Crippen molar-refractivity contribution in [2.75, 3.05) is 0 Å². The normalized spacial score (nSPS) is 19.2. The van der Waals surface area contributed by atoms with Crippen molar-refractivity contribution >= 4 is 54.1 Å². The monoisotopic (exact) mass is 572 g/mol. The molecule has 0 fully saturated rings. The van der Waals surface area contributed by atoms with Gasteiger partial charge in [-0.05, 0) is 37.1 Å². The molecule has 0 saturated carbocycles. The first-order valence-corrected chi connectivity index (χ1v) is 12.2. The molecule has 0 saturated heterocycles. The maximum atomic E-state index is 14.7. The van der Waals surface area contributed by atoms with Crippen LogP contribution in [0.5, 0.6) is 0 Å². The number of alkyl halides is 6. The van der Waals surface area contributed by atoms with Gasteiger partial charge in [-0.3, -0.25) is 0 Å². The Morgan fingerprint density at radius 3 is 1.18 bits per heavy atom. The Bertz CT molecular complexity index is 1240. The number of halogens is 6. The van der Waals surface area contributed by atoms with Gasteiger partial charge in [0.05, 0.1) is 11.1 Å². The van der Waals surface area contributed by atoms with Gasteiger partial charge in [0.1, 0.15) is 28.7 Å². The molecule has 2 heterocycles. The molecule has 0 atom stereocenters. The summed E-state index contributed by atoms with van der Waals surface area (Å²) in [4.78, 5) is -2.02. The van der Waals surface area contributed by atoms with Gasteiger partial charge in [0.25, 0.3) is 0 Å². The van der Waals surface area contributed by atoms with Gasteiger partial charge >= 0.3 is 76.9 Å². The zero-order valence-electron chi connectivity index (χ0n) is 17.0. The molecule has 2 aromatic rings. The maximum absolute atomic E-state index is 14.7. The average Bonchev–Trinajstić information content (AvgIpc) is 3.16. The Balaban J connectivity index is 0.00000272. The summed E-state index contributed by atoms with van der Waals surface area (Å²) in [6.45, 7) is 1.90. The summed E-state index contributed by atoms with van der Waals surface area (Å²) in [5, 5.41) is 0. The molecule has 33 heavy (non-hydrogen) atoms. The predicted octanol–water partition coefficient (Wildman–Crippen LogP) is -1.93. The van der Waals surface area contributed by atoms with Crippen molar-refractivity contribution in [3.05, 3.63) is 33.0 Å². The van der Waals surface area contributed by atoms with Crippen LogP contribution in [-0.4, -0.2) is 43.7 Å². The van der Waals surface area contributed by atoms with Crippen LogP contribution in [0.1, 0.15) is 20.9 Å². The number of aryl methyl sites for hydroxylation is 2. The van der Waals surface area contributed by atoms with Gasteiger partial charge in [0.15, 0.2) is 0 Å². The van der Waals surface area contributed by atoms with Crippen molar-refractivity contribution in [2.45, 2.75) is 40.0 Å². The number of allylic oxidation sites excluding steroid dienone is 2. The first kappa shape index (κ1) is 31.6. The molecule has 0 spiro atoms. The zero-order chi connectivity index (χ0) is 23.9. The predicted molar refractivity (Wildman–Crippen MR) is 95.7 cm³/mol. The van der Waals surface area contributed by atoms with Crippen molar-refractivity contribution < 1.29 is 111 Å². The molecular formula is C15H8F6Na2O6S4. The summed E-state index contributed by atoms with van der Waals surface area (Å²) in [5.41, 5.74) is -4.82. The second kappa shape index (κ2) is 9.45. The fourth-order valence-corrected chi connectivity index (χ4v) is 6.92. The molecule has 0 amide bonds. The minimum absolute atomic E-state index is 0. The summed E-state index contributed by atoms with van der Waals surface area (Å²) in [6.07, 6.45) is 0. The molecular weight excluding hydrogens is 564 g/mol. The molecule has 1 aliphatic carbocycles. The molecule has 1 aliphatic rings. The quantitative estimate of drug-likeness (QED) is 0.240. The standard InChI is InChI=1S/C15H10F6O6S4.2Na/c1-5-3-7(30(22,23)24)28-11(5)9-10(14(18,19)15(20,21)13(9,16)17)12-6(2)4-8(29-12)31(25,26)27;;/h3-4H,1-2H3,(H,22,23,24)(H,25,26,27);;/q;2*+1/p-2. The fraction of sp³-hybridized carbons (Fsp3) is 0.333. The van der Waals surface area contributed by atoms with Crippen LogP contribution in [0.25, 0.3) is 11.1 Å². The van der Waals surface area contributed by atoms with Crippen LogP contribution in [0, 0.1) is 13.8 Å². The van der Waals surface area contributed by atoms with Crippen LogP contribution < -0.4 is 59.1 Å². The van der Waals surface area contributed by atoms with Gasteiger partial charge in [-0.1, -0.05) is 0 Å². The van der Waals surface area contributed by atoms with Crippen molar-refractivity contribution in [1.82, 2.24) is 0 Å². The van der Waals surface area contributed by atoms with Crippen molar-refractivity contribution in [2.24, 2.45) is 0 Å². The third-order valence-corrected chi connectivity index (χ3v) is 9.45. The summed E-state index contributed by atoms with van der Waals surface area (Å²) in [7, 11) is -10.5. The molecule has 0 aliphatic heterocycles. The fourth-order valence-electron chi connectivity index (χ4n) is 2.99. The van der Waals surface area contributed by atoms with E-state index in [-0.39, 0.29) is 81.8 Å². The minimum Gasteiger partial charge on any atom is -0.743 e. The number of thiophene rings is 2. The van der Waals surface area contributed by atoms with Crippen LogP contribution in [0.4, 0.5) is 26.3 Å². The SMILES string of the molecule is Cc1cc(S(=O)(=O)[O-])sc1C1=C(c2sc(S(=O)(=O)[O-])cc2C)C(F)(F)C(F)(F)C1(F)F.[Na+].[Na+]. The van der Waals surface area contributed by atoms with Crippen LogP contribution in [0.2, 0.25) is 0 Å². The molecule has 6 nitrogen and oxygen atoms in total. The van der Waals surface area contributed by atoms with Gasteiger partial charge < -0.3 is 9.11 Å². The molecule has 0 N–H and O–H groups in total. The number of hydrogen-bond acceptors (Lipinski definition) is 8. The number of rotatable bonds is 4. The van der Waals surface area contributed by atoms with E-state index in [1.54, 1.807) is 0 Å². The van der Waals surface area contributed by atoms with Crippen LogP contribution in [0.15, 0.2) is 20.6 Å².